The molecule has 0 spiro atoms. The first-order valence-corrected chi connectivity index (χ1v) is 8.59. The number of amides is 1. The van der Waals surface area contributed by atoms with Crippen molar-refractivity contribution < 1.29 is 4.79 Å². The van der Waals surface area contributed by atoms with Crippen LogP contribution in [0.25, 0.3) is 0 Å². The van der Waals surface area contributed by atoms with Gasteiger partial charge in [0.05, 0.1) is 0 Å². The zero-order chi connectivity index (χ0) is 15.9. The number of nitrogens with one attached hydrogen (secondary N) is 1. The van der Waals surface area contributed by atoms with Crippen LogP contribution in [-0.4, -0.2) is 11.7 Å². The first kappa shape index (κ1) is 16.6. The van der Waals surface area contributed by atoms with Gasteiger partial charge in [0, 0.05) is 17.0 Å². The molecule has 0 saturated carbocycles. The van der Waals surface area contributed by atoms with Gasteiger partial charge in [-0.2, -0.15) is 0 Å². The van der Waals surface area contributed by atoms with Gasteiger partial charge in [-0.25, -0.2) is 0 Å². The van der Waals surface area contributed by atoms with Crippen LogP contribution in [0, 0.1) is 20.8 Å². The summed E-state index contributed by atoms with van der Waals surface area (Å²) >= 11 is 1.80. The van der Waals surface area contributed by atoms with Crippen molar-refractivity contribution in [2.24, 2.45) is 0 Å². The molecular formula is C19H23NOS. The predicted octanol–water partition coefficient (Wildman–Crippen LogP) is 5.12. The number of benzene rings is 2. The van der Waals surface area contributed by atoms with E-state index in [9.17, 15) is 4.79 Å². The van der Waals surface area contributed by atoms with Crippen LogP contribution in [0.5, 0.6) is 0 Å². The van der Waals surface area contributed by atoms with Crippen LogP contribution in [0.15, 0.2) is 47.4 Å². The standard InChI is InChI=1S/C19H23NOS/c1-14-6-8-18(9-7-14)22-10-4-5-19(21)20-17-12-15(2)11-16(3)13-17/h6-9,11-13H,4-5,10H2,1-3H3,(H,20,21). The molecule has 0 radical (unpaired) electrons. The molecule has 1 amide bonds. The van der Waals surface area contributed by atoms with Gasteiger partial charge < -0.3 is 5.32 Å². The van der Waals surface area contributed by atoms with Gasteiger partial charge in [0.1, 0.15) is 0 Å². The summed E-state index contributed by atoms with van der Waals surface area (Å²) in [6, 6.07) is 14.6. The van der Waals surface area contributed by atoms with E-state index in [-0.39, 0.29) is 5.91 Å². The Kier molecular flexibility index (Phi) is 6.08. The summed E-state index contributed by atoms with van der Waals surface area (Å²) in [5, 5.41) is 2.98. The van der Waals surface area contributed by atoms with Crippen molar-refractivity contribution in [1.29, 1.82) is 0 Å². The summed E-state index contributed by atoms with van der Waals surface area (Å²) in [6.45, 7) is 6.17. The highest BCUT2D eigenvalue weighted by Gasteiger charge is 2.04. The van der Waals surface area contributed by atoms with Crippen LogP contribution < -0.4 is 5.32 Å². The lowest BCUT2D eigenvalue weighted by atomic mass is 10.1. The van der Waals surface area contributed by atoms with Crippen molar-refractivity contribution in [3.63, 3.8) is 0 Å². The van der Waals surface area contributed by atoms with Gasteiger partial charge >= 0.3 is 0 Å². The maximum absolute atomic E-state index is 12.0. The fraction of sp³-hybridized carbons (Fsp3) is 0.316. The van der Waals surface area contributed by atoms with Crippen molar-refractivity contribution in [3.8, 4) is 0 Å². The molecule has 1 N–H and O–H groups in total. The van der Waals surface area contributed by atoms with Crippen molar-refractivity contribution in [2.45, 2.75) is 38.5 Å². The highest BCUT2D eigenvalue weighted by atomic mass is 32.2. The summed E-state index contributed by atoms with van der Waals surface area (Å²) in [7, 11) is 0. The van der Waals surface area contributed by atoms with Crippen LogP contribution in [0.4, 0.5) is 5.69 Å². The van der Waals surface area contributed by atoms with Gasteiger partial charge in [0.25, 0.3) is 0 Å². The Balaban J connectivity index is 1.72. The molecule has 3 heteroatoms. The maximum atomic E-state index is 12.0. The van der Waals surface area contributed by atoms with E-state index in [2.05, 4.69) is 42.6 Å². The van der Waals surface area contributed by atoms with E-state index >= 15 is 0 Å². The minimum atomic E-state index is 0.0921. The Morgan fingerprint density at radius 1 is 0.955 bits per heavy atom. The van der Waals surface area contributed by atoms with Crippen LogP contribution >= 0.6 is 11.8 Å². The molecule has 2 nitrogen and oxygen atoms in total. The second-order valence-electron chi connectivity index (χ2n) is 5.69. The molecule has 2 rings (SSSR count). The number of rotatable bonds is 6. The maximum Gasteiger partial charge on any atom is 0.224 e. The molecule has 0 unspecified atom stereocenters. The summed E-state index contributed by atoms with van der Waals surface area (Å²) in [5.41, 5.74) is 4.52. The summed E-state index contributed by atoms with van der Waals surface area (Å²) in [5.74, 6) is 1.05. The summed E-state index contributed by atoms with van der Waals surface area (Å²) < 4.78 is 0. The molecule has 2 aromatic carbocycles. The monoisotopic (exact) mass is 313 g/mol. The number of anilines is 1. The largest absolute Gasteiger partial charge is 0.326 e. The Hall–Kier alpha value is -1.74. The van der Waals surface area contributed by atoms with Gasteiger partial charge in [-0.1, -0.05) is 23.8 Å². The molecule has 0 aliphatic heterocycles. The Labute approximate surface area is 137 Å². The normalized spacial score (nSPS) is 10.5. The van der Waals surface area contributed by atoms with Gasteiger partial charge in [-0.15, -0.1) is 11.8 Å². The molecule has 2 aromatic rings. The lowest BCUT2D eigenvalue weighted by Gasteiger charge is -2.07. The molecule has 0 saturated heterocycles. The zero-order valence-electron chi connectivity index (χ0n) is 13.5. The second kappa shape index (κ2) is 8.04. The first-order valence-electron chi connectivity index (χ1n) is 7.60. The van der Waals surface area contributed by atoms with Crippen molar-refractivity contribution in [1.82, 2.24) is 0 Å². The zero-order valence-corrected chi connectivity index (χ0v) is 14.3. The van der Waals surface area contributed by atoms with E-state index < -0.39 is 0 Å². The van der Waals surface area contributed by atoms with E-state index in [1.165, 1.54) is 21.6 Å². The topological polar surface area (TPSA) is 29.1 Å². The third kappa shape index (κ3) is 5.57. The SMILES string of the molecule is Cc1ccc(SCCCC(=O)Nc2cc(C)cc(C)c2)cc1. The lowest BCUT2D eigenvalue weighted by molar-refractivity contribution is -0.116. The highest BCUT2D eigenvalue weighted by molar-refractivity contribution is 7.99. The van der Waals surface area contributed by atoms with Crippen molar-refractivity contribution in [2.75, 3.05) is 11.1 Å². The van der Waals surface area contributed by atoms with Gasteiger partial charge in [0.15, 0.2) is 0 Å². The second-order valence-corrected chi connectivity index (χ2v) is 6.86. The number of hydrogen-bond donors (Lipinski definition) is 1. The van der Waals surface area contributed by atoms with Crippen LogP contribution in [-0.2, 0) is 4.79 Å². The molecule has 0 aliphatic carbocycles. The molecule has 0 heterocycles. The lowest BCUT2D eigenvalue weighted by Crippen LogP contribution is -2.11. The van der Waals surface area contributed by atoms with Crippen LogP contribution in [0.3, 0.4) is 0 Å². The Morgan fingerprint density at radius 2 is 1.59 bits per heavy atom. The molecule has 0 aromatic heterocycles. The Bertz CT molecular complexity index is 614. The number of thioether (sulfide) groups is 1. The van der Waals surface area contributed by atoms with Gasteiger partial charge in [-0.3, -0.25) is 4.79 Å². The minimum absolute atomic E-state index is 0.0921. The molecule has 116 valence electrons. The fourth-order valence-corrected chi connectivity index (χ4v) is 3.18. The van der Waals surface area contributed by atoms with E-state index in [0.717, 1.165) is 17.9 Å². The first-order chi connectivity index (χ1) is 10.5. The fourth-order valence-electron chi connectivity index (χ4n) is 2.33. The summed E-state index contributed by atoms with van der Waals surface area (Å²) in [4.78, 5) is 13.2. The average molecular weight is 313 g/mol. The quantitative estimate of drug-likeness (QED) is 0.592. The molecule has 0 fully saturated rings. The number of carbonyl (C=O) groups is 1. The van der Waals surface area contributed by atoms with Crippen LogP contribution in [0.1, 0.15) is 29.5 Å². The number of hydrogen-bond acceptors (Lipinski definition) is 2. The highest BCUT2D eigenvalue weighted by Crippen LogP contribution is 2.20. The molecule has 0 bridgehead atoms. The third-order valence-corrected chi connectivity index (χ3v) is 4.44. The van der Waals surface area contributed by atoms with Gasteiger partial charge in [-0.05, 0) is 68.3 Å². The smallest absolute Gasteiger partial charge is 0.224 e. The van der Waals surface area contributed by atoms with Crippen molar-refractivity contribution >= 4 is 23.4 Å². The third-order valence-electron chi connectivity index (χ3n) is 3.34. The number of carbonyl (C=O) groups excluding carboxylic acids is 1. The predicted molar refractivity (Wildman–Crippen MR) is 95.7 cm³/mol. The molecular weight excluding hydrogens is 290 g/mol. The van der Waals surface area contributed by atoms with E-state index in [0.29, 0.717) is 6.42 Å². The van der Waals surface area contributed by atoms with Gasteiger partial charge in [0.2, 0.25) is 5.91 Å². The van der Waals surface area contributed by atoms with Crippen molar-refractivity contribution in [3.05, 3.63) is 59.2 Å². The minimum Gasteiger partial charge on any atom is -0.326 e. The van der Waals surface area contributed by atoms with E-state index in [4.69, 9.17) is 0 Å². The van der Waals surface area contributed by atoms with E-state index in [1.54, 1.807) is 11.8 Å². The molecule has 0 atom stereocenters. The average Bonchev–Trinajstić information content (AvgIpc) is 2.44. The summed E-state index contributed by atoms with van der Waals surface area (Å²) in [6.07, 6.45) is 1.45. The number of aryl methyl sites for hydroxylation is 3. The van der Waals surface area contributed by atoms with E-state index in [1.807, 2.05) is 26.0 Å². The molecule has 0 aliphatic rings. The van der Waals surface area contributed by atoms with Crippen LogP contribution in [0.2, 0.25) is 0 Å². The Morgan fingerprint density at radius 3 is 2.23 bits per heavy atom. The molecule has 22 heavy (non-hydrogen) atoms.